The van der Waals surface area contributed by atoms with Crippen LogP contribution < -0.4 is 16.4 Å². The Labute approximate surface area is 197 Å². The summed E-state index contributed by atoms with van der Waals surface area (Å²) in [5.41, 5.74) is 8.56. The molecule has 3 rings (SSSR count). The number of carbonyl (C=O) groups is 1. The number of nitrogens with two attached hydrogens (primary N) is 1. The van der Waals surface area contributed by atoms with E-state index in [4.69, 9.17) is 18.4 Å². The lowest BCUT2D eigenvalue weighted by molar-refractivity contribution is 0.100. The Kier molecular flexibility index (Phi) is 10.1. The van der Waals surface area contributed by atoms with Crippen LogP contribution >= 0.6 is 0 Å². The SMILES string of the molecule is CCCCc1ccc(Nc2cc(NCc3cc(F)cc(F)c3)c(C(N)=O)cn2)cc1.O=S(=O)=O. The van der Waals surface area contributed by atoms with Crippen LogP contribution in [0.3, 0.4) is 0 Å². The van der Waals surface area contributed by atoms with Crippen LogP contribution in [0.4, 0.5) is 26.0 Å². The maximum atomic E-state index is 13.4. The highest BCUT2D eigenvalue weighted by atomic mass is 32.2. The average Bonchev–Trinajstić information content (AvgIpc) is 2.76. The minimum atomic E-state index is -3.11. The molecule has 0 unspecified atom stereocenters. The maximum Gasteiger partial charge on any atom is 0.425 e. The molecule has 8 nitrogen and oxygen atoms in total. The van der Waals surface area contributed by atoms with Crippen molar-refractivity contribution in [2.75, 3.05) is 10.6 Å². The molecule has 0 atom stereocenters. The number of pyridine rings is 1. The number of unbranched alkanes of at least 4 members (excludes halogenated alkanes) is 1. The fraction of sp³-hybridized carbons (Fsp3) is 0.217. The fourth-order valence-electron chi connectivity index (χ4n) is 3.06. The first kappa shape index (κ1) is 26.4. The van der Waals surface area contributed by atoms with Gasteiger partial charge < -0.3 is 16.4 Å². The van der Waals surface area contributed by atoms with Crippen LogP contribution in [0.1, 0.15) is 41.3 Å². The Hall–Kier alpha value is -3.86. The van der Waals surface area contributed by atoms with E-state index in [0.717, 1.165) is 31.0 Å². The van der Waals surface area contributed by atoms with Gasteiger partial charge >= 0.3 is 10.6 Å². The first-order chi connectivity index (χ1) is 16.2. The largest absolute Gasteiger partial charge is 0.425 e. The second kappa shape index (κ2) is 13.0. The van der Waals surface area contributed by atoms with Crippen molar-refractivity contribution < 1.29 is 26.2 Å². The van der Waals surface area contributed by atoms with Gasteiger partial charge in [-0.05, 0) is 48.2 Å². The number of benzene rings is 2. The van der Waals surface area contributed by atoms with Gasteiger partial charge in [0.2, 0.25) is 0 Å². The summed E-state index contributed by atoms with van der Waals surface area (Å²) in [6.45, 7) is 2.28. The highest BCUT2D eigenvalue weighted by Gasteiger charge is 2.11. The highest BCUT2D eigenvalue weighted by Crippen LogP contribution is 2.23. The van der Waals surface area contributed by atoms with E-state index < -0.39 is 28.2 Å². The number of anilines is 3. The average molecular weight is 491 g/mol. The highest BCUT2D eigenvalue weighted by molar-refractivity contribution is 7.59. The molecule has 4 N–H and O–H groups in total. The van der Waals surface area contributed by atoms with E-state index in [-0.39, 0.29) is 12.1 Å². The summed E-state index contributed by atoms with van der Waals surface area (Å²) in [4.78, 5) is 16.0. The van der Waals surface area contributed by atoms with Crippen molar-refractivity contribution in [3.05, 3.63) is 83.1 Å². The minimum Gasteiger partial charge on any atom is -0.380 e. The lowest BCUT2D eigenvalue weighted by Crippen LogP contribution is -2.15. The Morgan fingerprint density at radius 3 is 2.18 bits per heavy atom. The van der Waals surface area contributed by atoms with Gasteiger partial charge in [-0.2, -0.15) is 0 Å². The number of carbonyl (C=O) groups excluding carboxylic acids is 1. The number of rotatable bonds is 9. The summed E-state index contributed by atoms with van der Waals surface area (Å²) in [5.74, 6) is -1.47. The van der Waals surface area contributed by atoms with Crippen LogP contribution in [-0.2, 0) is 23.6 Å². The molecule has 0 spiro atoms. The number of amides is 1. The van der Waals surface area contributed by atoms with E-state index >= 15 is 0 Å². The van der Waals surface area contributed by atoms with Gasteiger partial charge in [-0.1, -0.05) is 25.5 Å². The third kappa shape index (κ3) is 8.94. The number of aromatic nitrogens is 1. The number of hydrogen-bond acceptors (Lipinski definition) is 7. The van der Waals surface area contributed by atoms with Crippen LogP contribution in [0.25, 0.3) is 0 Å². The van der Waals surface area contributed by atoms with E-state index in [1.807, 2.05) is 12.1 Å². The monoisotopic (exact) mass is 490 g/mol. The molecule has 2 aromatic carbocycles. The van der Waals surface area contributed by atoms with Gasteiger partial charge in [0, 0.05) is 30.6 Å². The number of nitrogens with zero attached hydrogens (tertiary/aromatic N) is 1. The van der Waals surface area contributed by atoms with Crippen molar-refractivity contribution in [1.82, 2.24) is 4.98 Å². The summed E-state index contributed by atoms with van der Waals surface area (Å²) in [6, 6.07) is 13.0. The second-order valence-corrected chi connectivity index (χ2v) is 7.65. The fourth-order valence-corrected chi connectivity index (χ4v) is 3.06. The van der Waals surface area contributed by atoms with Crippen molar-refractivity contribution in [1.29, 1.82) is 0 Å². The van der Waals surface area contributed by atoms with Gasteiger partial charge in [0.25, 0.3) is 5.91 Å². The van der Waals surface area contributed by atoms with E-state index in [1.54, 1.807) is 6.07 Å². The number of primary amides is 1. The molecule has 0 saturated heterocycles. The Balaban J connectivity index is 0.000000945. The van der Waals surface area contributed by atoms with Crippen LogP contribution in [0.5, 0.6) is 0 Å². The molecular formula is C23H24F2N4O4S. The zero-order valence-electron chi connectivity index (χ0n) is 18.3. The molecule has 0 bridgehead atoms. The molecule has 0 saturated carbocycles. The normalized spacial score (nSPS) is 10.1. The van der Waals surface area contributed by atoms with E-state index in [2.05, 4.69) is 34.7 Å². The number of halogens is 2. The van der Waals surface area contributed by atoms with Crippen LogP contribution in [0.2, 0.25) is 0 Å². The van der Waals surface area contributed by atoms with Crippen molar-refractivity contribution in [3.63, 3.8) is 0 Å². The molecule has 1 heterocycles. The summed E-state index contributed by atoms with van der Waals surface area (Å²) in [5, 5.41) is 6.20. The molecule has 0 aliphatic rings. The van der Waals surface area contributed by atoms with E-state index in [0.29, 0.717) is 17.1 Å². The maximum absolute atomic E-state index is 13.4. The van der Waals surface area contributed by atoms with Gasteiger partial charge in [0.05, 0.1) is 11.3 Å². The summed E-state index contributed by atoms with van der Waals surface area (Å²) in [7, 11) is -3.11. The van der Waals surface area contributed by atoms with Crippen LogP contribution in [0, 0.1) is 11.6 Å². The first-order valence-corrected chi connectivity index (χ1v) is 11.3. The van der Waals surface area contributed by atoms with Gasteiger partial charge in [-0.15, -0.1) is 12.6 Å². The van der Waals surface area contributed by atoms with Crippen molar-refractivity contribution in [3.8, 4) is 0 Å². The standard InChI is InChI=1S/C23H24F2N4O.O3S/c1-2-3-4-15-5-7-19(8-6-15)29-22-12-21(20(14-28-22)23(26)30)27-13-16-9-17(24)11-18(25)10-16;1-4(2)3/h5-12,14H,2-4,13H2,1H3,(H2,26,30)(H2,27,28,29);. The second-order valence-electron chi connectivity index (χ2n) is 7.24. The number of hydrogen-bond donors (Lipinski definition) is 3. The number of nitrogens with one attached hydrogen (secondary N) is 2. The molecule has 1 aromatic heterocycles. The first-order valence-electron chi connectivity index (χ1n) is 10.3. The predicted octanol–water partition coefficient (Wildman–Crippen LogP) is 4.15. The van der Waals surface area contributed by atoms with Crippen molar-refractivity contribution in [2.24, 2.45) is 5.73 Å². The summed E-state index contributed by atoms with van der Waals surface area (Å²) < 4.78 is 52.1. The third-order valence-corrected chi connectivity index (χ3v) is 4.62. The Morgan fingerprint density at radius 2 is 1.62 bits per heavy atom. The molecular weight excluding hydrogens is 466 g/mol. The molecule has 1 amide bonds. The predicted molar refractivity (Wildman–Crippen MR) is 124 cm³/mol. The van der Waals surface area contributed by atoms with Gasteiger partial charge in [-0.25, -0.2) is 13.8 Å². The van der Waals surface area contributed by atoms with Gasteiger partial charge in [-0.3, -0.25) is 4.79 Å². The van der Waals surface area contributed by atoms with Crippen molar-refractivity contribution >= 4 is 33.7 Å². The molecule has 0 aliphatic carbocycles. The third-order valence-electron chi connectivity index (χ3n) is 4.62. The van der Waals surface area contributed by atoms with Crippen molar-refractivity contribution in [2.45, 2.75) is 32.7 Å². The molecule has 0 fully saturated rings. The molecule has 180 valence electrons. The summed E-state index contributed by atoms with van der Waals surface area (Å²) >= 11 is 0. The molecule has 0 aliphatic heterocycles. The zero-order chi connectivity index (χ0) is 25.1. The number of aryl methyl sites for hydroxylation is 1. The Bertz CT molecular complexity index is 1210. The van der Waals surface area contributed by atoms with Gasteiger partial charge in [0.15, 0.2) is 0 Å². The lowest BCUT2D eigenvalue weighted by Gasteiger charge is -2.13. The molecule has 11 heteroatoms. The summed E-state index contributed by atoms with van der Waals surface area (Å²) in [6.07, 6.45) is 4.70. The molecule has 0 radical (unpaired) electrons. The quantitative estimate of drug-likeness (QED) is 0.411. The lowest BCUT2D eigenvalue weighted by atomic mass is 10.1. The topological polar surface area (TPSA) is 131 Å². The van der Waals surface area contributed by atoms with Gasteiger partial charge in [0.1, 0.15) is 17.5 Å². The Morgan fingerprint density at radius 1 is 1.00 bits per heavy atom. The molecule has 3 aromatic rings. The van der Waals surface area contributed by atoms with E-state index in [1.165, 1.54) is 23.9 Å². The zero-order valence-corrected chi connectivity index (χ0v) is 19.2. The van der Waals surface area contributed by atoms with E-state index in [9.17, 15) is 13.6 Å². The van der Waals surface area contributed by atoms with Crippen LogP contribution in [0.15, 0.2) is 54.7 Å². The molecule has 34 heavy (non-hydrogen) atoms. The minimum absolute atomic E-state index is 0.116. The smallest absolute Gasteiger partial charge is 0.380 e. The van der Waals surface area contributed by atoms with Crippen LogP contribution in [-0.4, -0.2) is 23.5 Å².